The predicted molar refractivity (Wildman–Crippen MR) is 66.7 cm³/mol. The summed E-state index contributed by atoms with van der Waals surface area (Å²) in [6, 6.07) is 3.92. The van der Waals surface area contributed by atoms with Gasteiger partial charge in [-0.15, -0.1) is 0 Å². The van der Waals surface area contributed by atoms with Crippen molar-refractivity contribution in [1.29, 1.82) is 0 Å². The molecule has 0 bridgehead atoms. The van der Waals surface area contributed by atoms with E-state index >= 15 is 0 Å². The lowest BCUT2D eigenvalue weighted by atomic mass is 10.2. The average Bonchev–Trinajstić information content (AvgIpc) is 2.97. The number of nitrogen functional groups attached to an aromatic ring is 1. The van der Waals surface area contributed by atoms with E-state index in [2.05, 4.69) is 20.3 Å². The van der Waals surface area contributed by atoms with Gasteiger partial charge in [-0.3, -0.25) is 5.10 Å². The highest BCUT2D eigenvalue weighted by molar-refractivity contribution is 6.33. The molecule has 3 rings (SSSR count). The van der Waals surface area contributed by atoms with Crippen molar-refractivity contribution in [3.8, 4) is 22.8 Å². The summed E-state index contributed by atoms with van der Waals surface area (Å²) in [5.74, 6) is 0.346. The fourth-order valence-electron chi connectivity index (χ4n) is 1.58. The summed E-state index contributed by atoms with van der Waals surface area (Å²) in [5, 5.41) is 10.3. The van der Waals surface area contributed by atoms with Crippen LogP contribution >= 0.6 is 11.6 Å². The van der Waals surface area contributed by atoms with Gasteiger partial charge in [0, 0.05) is 5.56 Å². The standard InChI is InChI=1S/C11H7ClFN5O/c12-8-3-5(13)1-2-6(8)10-16-11(19-18-10)7-4-15-17-9(7)14/h1-4H,(H3,14,15,17). The maximum Gasteiger partial charge on any atom is 0.263 e. The number of aromatic amines is 1. The molecule has 2 aromatic heterocycles. The normalized spacial score (nSPS) is 10.8. The first-order valence-corrected chi connectivity index (χ1v) is 5.61. The minimum atomic E-state index is -0.434. The van der Waals surface area contributed by atoms with Gasteiger partial charge in [-0.1, -0.05) is 16.8 Å². The van der Waals surface area contributed by atoms with Crippen molar-refractivity contribution in [3.63, 3.8) is 0 Å². The van der Waals surface area contributed by atoms with Gasteiger partial charge in [-0.05, 0) is 18.2 Å². The monoisotopic (exact) mass is 279 g/mol. The molecule has 96 valence electrons. The van der Waals surface area contributed by atoms with Gasteiger partial charge in [0.1, 0.15) is 17.2 Å². The molecule has 0 radical (unpaired) electrons. The molecule has 6 nitrogen and oxygen atoms in total. The van der Waals surface area contributed by atoms with E-state index in [4.69, 9.17) is 21.9 Å². The second-order valence-corrected chi connectivity index (χ2v) is 4.15. The van der Waals surface area contributed by atoms with Gasteiger partial charge in [0.25, 0.3) is 5.89 Å². The van der Waals surface area contributed by atoms with Crippen LogP contribution in [-0.2, 0) is 0 Å². The van der Waals surface area contributed by atoms with Crippen LogP contribution in [0.1, 0.15) is 0 Å². The van der Waals surface area contributed by atoms with Gasteiger partial charge in [0.15, 0.2) is 0 Å². The van der Waals surface area contributed by atoms with E-state index in [1.54, 1.807) is 0 Å². The summed E-state index contributed by atoms with van der Waals surface area (Å²) in [6.45, 7) is 0. The van der Waals surface area contributed by atoms with Crippen LogP contribution in [-0.4, -0.2) is 20.3 Å². The van der Waals surface area contributed by atoms with Crippen molar-refractivity contribution < 1.29 is 8.91 Å². The van der Waals surface area contributed by atoms with Crippen molar-refractivity contribution in [2.45, 2.75) is 0 Å². The number of anilines is 1. The third-order valence-corrected chi connectivity index (χ3v) is 2.81. The second-order valence-electron chi connectivity index (χ2n) is 3.74. The van der Waals surface area contributed by atoms with E-state index in [9.17, 15) is 4.39 Å². The van der Waals surface area contributed by atoms with Crippen LogP contribution in [0.3, 0.4) is 0 Å². The number of nitrogens with two attached hydrogens (primary N) is 1. The van der Waals surface area contributed by atoms with E-state index < -0.39 is 5.82 Å². The molecule has 8 heteroatoms. The molecule has 0 amide bonds. The molecular formula is C11H7ClFN5O. The summed E-state index contributed by atoms with van der Waals surface area (Å²) < 4.78 is 18.0. The molecule has 0 atom stereocenters. The van der Waals surface area contributed by atoms with Crippen LogP contribution in [0.15, 0.2) is 28.9 Å². The molecule has 0 unspecified atom stereocenters. The molecule has 0 aliphatic rings. The highest BCUT2D eigenvalue weighted by Crippen LogP contribution is 2.29. The molecule has 2 heterocycles. The van der Waals surface area contributed by atoms with Crippen LogP contribution in [0.5, 0.6) is 0 Å². The molecule has 0 aliphatic heterocycles. The summed E-state index contributed by atoms with van der Waals surface area (Å²) in [4.78, 5) is 4.15. The summed E-state index contributed by atoms with van der Waals surface area (Å²) in [6.07, 6.45) is 1.47. The van der Waals surface area contributed by atoms with Crippen molar-refractivity contribution in [2.24, 2.45) is 0 Å². The third-order valence-electron chi connectivity index (χ3n) is 2.50. The molecular weight excluding hydrogens is 273 g/mol. The van der Waals surface area contributed by atoms with Gasteiger partial charge < -0.3 is 10.3 Å². The van der Waals surface area contributed by atoms with Crippen molar-refractivity contribution in [1.82, 2.24) is 20.3 Å². The number of halogens is 2. The van der Waals surface area contributed by atoms with Gasteiger partial charge >= 0.3 is 0 Å². The first-order valence-electron chi connectivity index (χ1n) is 5.23. The molecule has 3 aromatic rings. The number of rotatable bonds is 2. The van der Waals surface area contributed by atoms with Crippen LogP contribution < -0.4 is 5.73 Å². The zero-order chi connectivity index (χ0) is 13.4. The minimum absolute atomic E-state index is 0.201. The van der Waals surface area contributed by atoms with Crippen molar-refractivity contribution in [2.75, 3.05) is 5.73 Å². The summed E-state index contributed by atoms with van der Waals surface area (Å²) in [5.41, 5.74) is 6.62. The Hall–Kier alpha value is -2.41. The quantitative estimate of drug-likeness (QED) is 0.751. The molecule has 19 heavy (non-hydrogen) atoms. The maximum absolute atomic E-state index is 13.0. The minimum Gasteiger partial charge on any atom is -0.383 e. The number of nitrogens with zero attached hydrogens (tertiary/aromatic N) is 3. The molecule has 1 aromatic carbocycles. The Morgan fingerprint density at radius 2 is 2.16 bits per heavy atom. The average molecular weight is 280 g/mol. The number of aromatic nitrogens is 4. The fraction of sp³-hybridized carbons (Fsp3) is 0. The van der Waals surface area contributed by atoms with E-state index in [-0.39, 0.29) is 16.7 Å². The molecule has 3 N–H and O–H groups in total. The zero-order valence-corrected chi connectivity index (χ0v) is 10.1. The molecule has 0 saturated carbocycles. The molecule has 0 spiro atoms. The highest BCUT2D eigenvalue weighted by atomic mass is 35.5. The largest absolute Gasteiger partial charge is 0.383 e. The Morgan fingerprint density at radius 3 is 2.84 bits per heavy atom. The van der Waals surface area contributed by atoms with Crippen LogP contribution in [0.2, 0.25) is 5.02 Å². The lowest BCUT2D eigenvalue weighted by Gasteiger charge is -1.97. The molecule has 0 aliphatic carbocycles. The Bertz CT molecular complexity index is 738. The maximum atomic E-state index is 13.0. The van der Waals surface area contributed by atoms with Gasteiger partial charge in [-0.25, -0.2) is 4.39 Å². The lowest BCUT2D eigenvalue weighted by Crippen LogP contribution is -1.88. The number of H-pyrrole nitrogens is 1. The smallest absolute Gasteiger partial charge is 0.263 e. The SMILES string of the molecule is Nc1[nH]ncc1-c1nc(-c2ccc(F)cc2Cl)no1. The van der Waals surface area contributed by atoms with Gasteiger partial charge in [-0.2, -0.15) is 10.1 Å². The Kier molecular flexibility index (Phi) is 2.68. The summed E-state index contributed by atoms with van der Waals surface area (Å²) >= 11 is 5.92. The second kappa shape index (κ2) is 4.36. The Morgan fingerprint density at radius 1 is 1.32 bits per heavy atom. The third kappa shape index (κ3) is 2.04. The Labute approximate surface area is 111 Å². The van der Waals surface area contributed by atoms with E-state index in [1.165, 1.54) is 24.4 Å². The number of hydrogen-bond acceptors (Lipinski definition) is 5. The number of benzene rings is 1. The highest BCUT2D eigenvalue weighted by Gasteiger charge is 2.16. The summed E-state index contributed by atoms with van der Waals surface area (Å²) in [7, 11) is 0. The van der Waals surface area contributed by atoms with E-state index in [0.717, 1.165) is 0 Å². The van der Waals surface area contributed by atoms with Gasteiger partial charge in [0.05, 0.1) is 11.2 Å². The van der Waals surface area contributed by atoms with Crippen molar-refractivity contribution in [3.05, 3.63) is 35.2 Å². The number of hydrogen-bond donors (Lipinski definition) is 2. The van der Waals surface area contributed by atoms with E-state index in [0.29, 0.717) is 16.9 Å². The van der Waals surface area contributed by atoms with Crippen molar-refractivity contribution >= 4 is 17.4 Å². The number of nitrogens with one attached hydrogen (secondary N) is 1. The van der Waals surface area contributed by atoms with Crippen LogP contribution in [0.25, 0.3) is 22.8 Å². The van der Waals surface area contributed by atoms with Crippen LogP contribution in [0, 0.1) is 5.82 Å². The predicted octanol–water partition coefficient (Wildman–Crippen LogP) is 2.50. The first kappa shape index (κ1) is 11.7. The molecule has 0 fully saturated rings. The lowest BCUT2D eigenvalue weighted by molar-refractivity contribution is 0.432. The zero-order valence-electron chi connectivity index (χ0n) is 9.39. The Balaban J connectivity index is 2.04. The first-order chi connectivity index (χ1) is 9.15. The van der Waals surface area contributed by atoms with E-state index in [1.807, 2.05) is 0 Å². The van der Waals surface area contributed by atoms with Crippen LogP contribution in [0.4, 0.5) is 10.2 Å². The topological polar surface area (TPSA) is 93.6 Å². The molecule has 0 saturated heterocycles. The van der Waals surface area contributed by atoms with Gasteiger partial charge in [0.2, 0.25) is 5.82 Å². The fourth-order valence-corrected chi connectivity index (χ4v) is 1.83.